The molecule has 130 valence electrons. The van der Waals surface area contributed by atoms with E-state index in [1.54, 1.807) is 16.8 Å². The van der Waals surface area contributed by atoms with E-state index in [9.17, 15) is 13.2 Å². The number of allylic oxidation sites excluding steroid dienone is 1. The molecular weight excluding hydrogens is 325 g/mol. The quantitative estimate of drug-likeness (QED) is 0.626. The number of para-hydroxylation sites is 2. The van der Waals surface area contributed by atoms with Crippen molar-refractivity contribution in [3.8, 4) is 5.69 Å². The van der Waals surface area contributed by atoms with E-state index in [0.29, 0.717) is 6.42 Å². The van der Waals surface area contributed by atoms with Gasteiger partial charge in [-0.1, -0.05) is 36.4 Å². The van der Waals surface area contributed by atoms with Gasteiger partial charge in [0.25, 0.3) is 0 Å². The Morgan fingerprint density at radius 2 is 1.68 bits per heavy atom. The molecule has 0 bridgehead atoms. The van der Waals surface area contributed by atoms with Gasteiger partial charge in [0.1, 0.15) is 0 Å². The fourth-order valence-corrected chi connectivity index (χ4v) is 2.93. The molecule has 0 N–H and O–H groups in total. The summed E-state index contributed by atoms with van der Waals surface area (Å²) in [7, 11) is 3.86. The molecule has 0 amide bonds. The number of hydrogen-bond acceptors (Lipinski definition) is 1. The van der Waals surface area contributed by atoms with E-state index < -0.39 is 11.7 Å². The molecule has 0 radical (unpaired) electrons. The molecule has 2 nitrogen and oxygen atoms in total. The Hall–Kier alpha value is -2.69. The molecule has 25 heavy (non-hydrogen) atoms. The highest BCUT2D eigenvalue weighted by atomic mass is 19.4. The zero-order valence-electron chi connectivity index (χ0n) is 14.1. The predicted octanol–water partition coefficient (Wildman–Crippen LogP) is 5.27. The first-order valence-corrected chi connectivity index (χ1v) is 7.96. The zero-order valence-corrected chi connectivity index (χ0v) is 14.1. The molecule has 0 atom stereocenters. The van der Waals surface area contributed by atoms with Crippen molar-refractivity contribution in [3.63, 3.8) is 0 Å². The zero-order chi connectivity index (χ0) is 18.0. The number of alkyl halides is 3. The summed E-state index contributed by atoms with van der Waals surface area (Å²) < 4.78 is 41.8. The average molecular weight is 344 g/mol. The van der Waals surface area contributed by atoms with Crippen LogP contribution in [0.15, 0.2) is 67.0 Å². The van der Waals surface area contributed by atoms with Crippen molar-refractivity contribution in [1.82, 2.24) is 9.47 Å². The maximum Gasteiger partial charge on any atom is 0.418 e. The van der Waals surface area contributed by atoms with Crippen LogP contribution < -0.4 is 0 Å². The molecule has 0 aliphatic rings. The molecular formula is C20H19F3N2. The standard InChI is InChI=1S/C20H19F3N2/c1-24(2)13-7-8-15-14-25(18-11-5-3-9-16(15)18)19-12-6-4-10-17(19)20(21,22)23/h3-7,9-14H,8H2,1-2H3. The average Bonchev–Trinajstić information content (AvgIpc) is 2.93. The van der Waals surface area contributed by atoms with E-state index >= 15 is 0 Å². The van der Waals surface area contributed by atoms with Crippen LogP contribution in [-0.4, -0.2) is 23.6 Å². The molecule has 0 aliphatic heterocycles. The van der Waals surface area contributed by atoms with E-state index in [4.69, 9.17) is 0 Å². The SMILES string of the molecule is CN(C)C=CCc1cn(-c2ccccc2C(F)(F)F)c2ccccc12. The molecule has 0 saturated carbocycles. The summed E-state index contributed by atoms with van der Waals surface area (Å²) >= 11 is 0. The third-order valence-corrected chi connectivity index (χ3v) is 4.00. The van der Waals surface area contributed by atoms with Gasteiger partial charge in [-0.3, -0.25) is 0 Å². The number of benzene rings is 2. The molecule has 0 aliphatic carbocycles. The number of nitrogens with zero attached hydrogens (tertiary/aromatic N) is 2. The van der Waals surface area contributed by atoms with Crippen LogP contribution in [0.4, 0.5) is 13.2 Å². The highest BCUT2D eigenvalue weighted by Crippen LogP contribution is 2.36. The molecule has 3 rings (SSSR count). The molecule has 2 aromatic carbocycles. The summed E-state index contributed by atoms with van der Waals surface area (Å²) in [6.45, 7) is 0. The second-order valence-corrected chi connectivity index (χ2v) is 6.11. The highest BCUT2D eigenvalue weighted by molar-refractivity contribution is 5.86. The third kappa shape index (κ3) is 3.55. The van der Waals surface area contributed by atoms with Crippen molar-refractivity contribution in [2.75, 3.05) is 14.1 Å². The van der Waals surface area contributed by atoms with Gasteiger partial charge >= 0.3 is 6.18 Å². The summed E-state index contributed by atoms with van der Waals surface area (Å²) in [5, 5.41) is 0.961. The van der Waals surface area contributed by atoms with E-state index in [0.717, 1.165) is 22.5 Å². The summed E-state index contributed by atoms with van der Waals surface area (Å²) in [6, 6.07) is 13.2. The van der Waals surface area contributed by atoms with Crippen molar-refractivity contribution in [1.29, 1.82) is 0 Å². The van der Waals surface area contributed by atoms with E-state index in [1.165, 1.54) is 12.1 Å². The van der Waals surface area contributed by atoms with Crippen molar-refractivity contribution < 1.29 is 13.2 Å². The molecule has 1 heterocycles. The lowest BCUT2D eigenvalue weighted by molar-refractivity contribution is -0.137. The van der Waals surface area contributed by atoms with Crippen molar-refractivity contribution in [2.24, 2.45) is 0 Å². The smallest absolute Gasteiger partial charge is 0.384 e. The number of halogens is 3. The van der Waals surface area contributed by atoms with E-state index in [2.05, 4.69) is 0 Å². The minimum Gasteiger partial charge on any atom is -0.384 e. The normalized spacial score (nSPS) is 12.2. The van der Waals surface area contributed by atoms with Crippen LogP contribution in [-0.2, 0) is 12.6 Å². The first-order chi connectivity index (χ1) is 11.9. The first kappa shape index (κ1) is 17.1. The summed E-state index contributed by atoms with van der Waals surface area (Å²) in [6.07, 6.45) is 2.00. The fourth-order valence-electron chi connectivity index (χ4n) is 2.93. The van der Waals surface area contributed by atoms with Crippen LogP contribution >= 0.6 is 0 Å². The summed E-state index contributed by atoms with van der Waals surface area (Å²) in [5.74, 6) is 0. The van der Waals surface area contributed by atoms with Crippen LogP contribution in [0.3, 0.4) is 0 Å². The van der Waals surface area contributed by atoms with E-state index in [1.807, 2.05) is 55.5 Å². The van der Waals surface area contributed by atoms with Crippen LogP contribution in [0.2, 0.25) is 0 Å². The number of fused-ring (bicyclic) bond motifs is 1. The lowest BCUT2D eigenvalue weighted by Gasteiger charge is -2.14. The van der Waals surface area contributed by atoms with E-state index in [-0.39, 0.29) is 5.69 Å². The van der Waals surface area contributed by atoms with Crippen molar-refractivity contribution in [3.05, 3.63) is 78.1 Å². The van der Waals surface area contributed by atoms with Gasteiger partial charge in [0, 0.05) is 25.7 Å². The number of rotatable bonds is 4. The molecule has 1 aromatic heterocycles. The van der Waals surface area contributed by atoms with Gasteiger partial charge in [-0.25, -0.2) is 0 Å². The summed E-state index contributed by atoms with van der Waals surface area (Å²) in [5.41, 5.74) is 1.28. The Labute approximate surface area is 144 Å². The second kappa shape index (κ2) is 6.67. The lowest BCUT2D eigenvalue weighted by atomic mass is 10.1. The molecule has 0 fully saturated rings. The minimum absolute atomic E-state index is 0.147. The Kier molecular flexibility index (Phi) is 4.57. The first-order valence-electron chi connectivity index (χ1n) is 7.96. The Morgan fingerprint density at radius 1 is 1.00 bits per heavy atom. The third-order valence-electron chi connectivity index (χ3n) is 4.00. The van der Waals surface area contributed by atoms with Crippen molar-refractivity contribution in [2.45, 2.75) is 12.6 Å². The van der Waals surface area contributed by atoms with Gasteiger partial charge in [-0.2, -0.15) is 13.2 Å². The van der Waals surface area contributed by atoms with Gasteiger partial charge in [-0.15, -0.1) is 0 Å². The minimum atomic E-state index is -4.40. The number of aromatic nitrogens is 1. The van der Waals surface area contributed by atoms with Crippen LogP contribution in [0.5, 0.6) is 0 Å². The topological polar surface area (TPSA) is 8.17 Å². The van der Waals surface area contributed by atoms with Crippen LogP contribution in [0.25, 0.3) is 16.6 Å². The summed E-state index contributed by atoms with van der Waals surface area (Å²) in [4.78, 5) is 1.93. The lowest BCUT2D eigenvalue weighted by Crippen LogP contribution is -2.10. The molecule has 3 aromatic rings. The van der Waals surface area contributed by atoms with Gasteiger partial charge in [0.2, 0.25) is 0 Å². The van der Waals surface area contributed by atoms with Gasteiger partial charge in [0.15, 0.2) is 0 Å². The maximum atomic E-state index is 13.4. The second-order valence-electron chi connectivity index (χ2n) is 6.11. The molecule has 5 heteroatoms. The van der Waals surface area contributed by atoms with Crippen LogP contribution in [0, 0.1) is 0 Å². The van der Waals surface area contributed by atoms with Gasteiger partial charge in [0.05, 0.1) is 16.8 Å². The Balaban J connectivity index is 2.16. The molecule has 0 saturated heterocycles. The largest absolute Gasteiger partial charge is 0.418 e. The monoisotopic (exact) mass is 344 g/mol. The van der Waals surface area contributed by atoms with Crippen LogP contribution in [0.1, 0.15) is 11.1 Å². The molecule has 0 spiro atoms. The van der Waals surface area contributed by atoms with Gasteiger partial charge < -0.3 is 9.47 Å². The Morgan fingerprint density at radius 3 is 2.40 bits per heavy atom. The maximum absolute atomic E-state index is 13.4. The van der Waals surface area contributed by atoms with Crippen molar-refractivity contribution >= 4 is 10.9 Å². The fraction of sp³-hybridized carbons (Fsp3) is 0.200. The highest BCUT2D eigenvalue weighted by Gasteiger charge is 2.33. The Bertz CT molecular complexity index is 905. The molecule has 0 unspecified atom stereocenters. The number of hydrogen-bond donors (Lipinski definition) is 0. The van der Waals surface area contributed by atoms with Gasteiger partial charge in [-0.05, 0) is 36.4 Å². The predicted molar refractivity (Wildman–Crippen MR) is 94.8 cm³/mol.